The van der Waals surface area contributed by atoms with Crippen LogP contribution in [0.2, 0.25) is 0 Å². The van der Waals surface area contributed by atoms with Gasteiger partial charge in [0, 0.05) is 18.6 Å². The summed E-state index contributed by atoms with van der Waals surface area (Å²) in [6, 6.07) is 0. The second-order valence-corrected chi connectivity index (χ2v) is 8.04. The highest BCUT2D eigenvalue weighted by Crippen LogP contribution is 2.63. The lowest BCUT2D eigenvalue weighted by Crippen LogP contribution is -2.55. The van der Waals surface area contributed by atoms with E-state index in [0.717, 1.165) is 35.5 Å². The summed E-state index contributed by atoms with van der Waals surface area (Å²) in [6.45, 7) is 1.00. The molecule has 102 valence electrons. The highest BCUT2D eigenvalue weighted by molar-refractivity contribution is 5.05. The molecule has 0 aliphatic heterocycles. The van der Waals surface area contributed by atoms with Gasteiger partial charge >= 0.3 is 0 Å². The Labute approximate surface area is 110 Å². The van der Waals surface area contributed by atoms with Crippen LogP contribution in [0, 0.1) is 40.9 Å². The monoisotopic (exact) mass is 249 g/mol. The quantitative estimate of drug-likeness (QED) is 0.807. The average Bonchev–Trinajstić information content (AvgIpc) is 2.30. The van der Waals surface area contributed by atoms with Crippen LogP contribution < -0.4 is 5.73 Å². The van der Waals surface area contributed by atoms with E-state index in [1.807, 2.05) is 0 Å². The second-order valence-electron chi connectivity index (χ2n) is 8.04. The van der Waals surface area contributed by atoms with Crippen LogP contribution in [0.3, 0.4) is 0 Å². The summed E-state index contributed by atoms with van der Waals surface area (Å²) in [5.74, 6) is 6.16. The number of nitrogens with two attached hydrogens (primary N) is 1. The molecule has 0 spiro atoms. The van der Waals surface area contributed by atoms with Crippen LogP contribution in [-0.4, -0.2) is 18.3 Å². The summed E-state index contributed by atoms with van der Waals surface area (Å²) in [6.07, 6.45) is 10.1. The zero-order chi connectivity index (χ0) is 12.3. The first kappa shape index (κ1) is 11.7. The topological polar surface area (TPSA) is 46.2 Å². The first-order valence-corrected chi connectivity index (χ1v) is 8.04. The molecule has 0 atom stereocenters. The highest BCUT2D eigenvalue weighted by atomic mass is 16.3. The van der Waals surface area contributed by atoms with E-state index in [0.29, 0.717) is 13.2 Å². The fourth-order valence-corrected chi connectivity index (χ4v) is 6.42. The predicted molar refractivity (Wildman–Crippen MR) is 71.8 cm³/mol. The van der Waals surface area contributed by atoms with E-state index in [4.69, 9.17) is 5.73 Å². The molecule has 18 heavy (non-hydrogen) atoms. The Balaban J connectivity index is 1.47. The van der Waals surface area contributed by atoms with Crippen molar-refractivity contribution in [2.24, 2.45) is 46.7 Å². The smallest absolute Gasteiger partial charge is 0.0499 e. The molecule has 5 aliphatic carbocycles. The third kappa shape index (κ3) is 1.54. The fourth-order valence-electron chi connectivity index (χ4n) is 6.42. The first-order valence-electron chi connectivity index (χ1n) is 8.04. The number of hydrogen-bond donors (Lipinski definition) is 2. The largest absolute Gasteiger partial charge is 0.396 e. The summed E-state index contributed by atoms with van der Waals surface area (Å²) < 4.78 is 0. The Bertz CT molecular complexity index is 300. The molecule has 0 aromatic heterocycles. The number of aliphatic hydroxyl groups excluding tert-OH is 1. The lowest BCUT2D eigenvalue weighted by molar-refractivity contribution is -0.118. The van der Waals surface area contributed by atoms with Gasteiger partial charge in [-0.15, -0.1) is 0 Å². The Kier molecular flexibility index (Phi) is 2.58. The van der Waals surface area contributed by atoms with Gasteiger partial charge in [-0.25, -0.2) is 0 Å². The normalized spacial score (nSPS) is 57.7. The van der Waals surface area contributed by atoms with E-state index < -0.39 is 0 Å². The minimum absolute atomic E-state index is 0.110. The van der Waals surface area contributed by atoms with Crippen LogP contribution in [0.15, 0.2) is 0 Å². The maximum absolute atomic E-state index is 9.52. The fraction of sp³-hybridized carbons (Fsp3) is 1.00. The van der Waals surface area contributed by atoms with Gasteiger partial charge in [-0.1, -0.05) is 0 Å². The van der Waals surface area contributed by atoms with Crippen molar-refractivity contribution in [1.29, 1.82) is 0 Å². The van der Waals surface area contributed by atoms with Gasteiger partial charge < -0.3 is 10.8 Å². The van der Waals surface area contributed by atoms with Gasteiger partial charge in [-0.3, -0.25) is 0 Å². The highest BCUT2D eigenvalue weighted by Gasteiger charge is 2.55. The van der Waals surface area contributed by atoms with Crippen molar-refractivity contribution in [1.82, 2.24) is 0 Å². The van der Waals surface area contributed by atoms with Crippen LogP contribution >= 0.6 is 0 Å². The summed E-state index contributed by atoms with van der Waals surface area (Å²) in [7, 11) is 0. The Morgan fingerprint density at radius 1 is 0.889 bits per heavy atom. The van der Waals surface area contributed by atoms with Crippen LogP contribution in [0.4, 0.5) is 0 Å². The Hall–Kier alpha value is -0.0800. The lowest BCUT2D eigenvalue weighted by atomic mass is 9.45. The molecule has 2 nitrogen and oxygen atoms in total. The molecule has 2 heteroatoms. The maximum atomic E-state index is 9.52. The Morgan fingerprint density at radius 2 is 1.44 bits per heavy atom. The molecule has 5 rings (SSSR count). The number of aliphatic hydroxyl groups is 1. The second kappa shape index (κ2) is 3.96. The standard InChI is InChI=1S/C16H27NO/c17-8-16(9-18)6-14(7-16)15-12-2-10-1-11(4-12)5-13(15)3-10/h10-15,18H,1-9,17H2. The van der Waals surface area contributed by atoms with E-state index in [-0.39, 0.29) is 5.41 Å². The lowest BCUT2D eigenvalue weighted by Gasteiger charge is -2.61. The molecule has 5 saturated carbocycles. The van der Waals surface area contributed by atoms with Crippen molar-refractivity contribution >= 4 is 0 Å². The molecule has 5 aliphatic rings. The van der Waals surface area contributed by atoms with Gasteiger partial charge in [0.1, 0.15) is 0 Å². The Morgan fingerprint density at radius 3 is 1.89 bits per heavy atom. The molecular weight excluding hydrogens is 222 g/mol. The maximum Gasteiger partial charge on any atom is 0.0499 e. The average molecular weight is 249 g/mol. The number of rotatable bonds is 3. The van der Waals surface area contributed by atoms with Crippen LogP contribution in [-0.2, 0) is 0 Å². The van der Waals surface area contributed by atoms with Crippen molar-refractivity contribution in [3.63, 3.8) is 0 Å². The van der Waals surface area contributed by atoms with E-state index in [9.17, 15) is 5.11 Å². The van der Waals surface area contributed by atoms with Gasteiger partial charge in [0.05, 0.1) is 0 Å². The van der Waals surface area contributed by atoms with Gasteiger partial charge in [0.15, 0.2) is 0 Å². The summed E-state index contributed by atoms with van der Waals surface area (Å²) in [4.78, 5) is 0. The predicted octanol–water partition coefficient (Wildman–Crippen LogP) is 2.41. The van der Waals surface area contributed by atoms with Gasteiger partial charge in [-0.2, -0.15) is 0 Å². The van der Waals surface area contributed by atoms with E-state index in [2.05, 4.69) is 0 Å². The molecule has 0 radical (unpaired) electrons. The minimum atomic E-state index is 0.110. The van der Waals surface area contributed by atoms with Crippen molar-refractivity contribution in [2.45, 2.75) is 44.9 Å². The SMILES string of the molecule is NCC1(CO)CC(C2C3CC4CC(C3)CC2C4)C1. The van der Waals surface area contributed by atoms with E-state index >= 15 is 0 Å². The van der Waals surface area contributed by atoms with Crippen LogP contribution in [0.25, 0.3) is 0 Å². The molecular formula is C16H27NO. The van der Waals surface area contributed by atoms with Gasteiger partial charge in [0.25, 0.3) is 0 Å². The van der Waals surface area contributed by atoms with Gasteiger partial charge in [-0.05, 0) is 80.5 Å². The van der Waals surface area contributed by atoms with Crippen LogP contribution in [0.1, 0.15) is 44.9 Å². The molecule has 5 fully saturated rings. The van der Waals surface area contributed by atoms with Crippen molar-refractivity contribution in [3.8, 4) is 0 Å². The summed E-state index contributed by atoms with van der Waals surface area (Å²) in [5.41, 5.74) is 5.97. The van der Waals surface area contributed by atoms with Crippen LogP contribution in [0.5, 0.6) is 0 Å². The molecule has 0 amide bonds. The zero-order valence-electron chi connectivity index (χ0n) is 11.4. The zero-order valence-corrected chi connectivity index (χ0v) is 11.4. The third-order valence-corrected chi connectivity index (χ3v) is 7.00. The summed E-state index contributed by atoms with van der Waals surface area (Å²) >= 11 is 0. The van der Waals surface area contributed by atoms with E-state index in [1.54, 1.807) is 6.42 Å². The summed E-state index contributed by atoms with van der Waals surface area (Å²) in [5, 5.41) is 9.52. The van der Waals surface area contributed by atoms with E-state index in [1.165, 1.54) is 38.5 Å². The van der Waals surface area contributed by atoms with Crippen molar-refractivity contribution < 1.29 is 5.11 Å². The first-order chi connectivity index (χ1) is 8.73. The number of hydrogen-bond acceptors (Lipinski definition) is 2. The molecule has 0 heterocycles. The van der Waals surface area contributed by atoms with Gasteiger partial charge in [0.2, 0.25) is 0 Å². The molecule has 0 aromatic rings. The molecule has 0 saturated heterocycles. The molecule has 3 N–H and O–H groups in total. The third-order valence-electron chi connectivity index (χ3n) is 7.00. The molecule has 0 unspecified atom stereocenters. The molecule has 4 bridgehead atoms. The van der Waals surface area contributed by atoms with Crippen molar-refractivity contribution in [2.75, 3.05) is 13.2 Å². The minimum Gasteiger partial charge on any atom is -0.396 e. The molecule has 0 aromatic carbocycles. The van der Waals surface area contributed by atoms with Crippen molar-refractivity contribution in [3.05, 3.63) is 0 Å².